The van der Waals surface area contributed by atoms with Gasteiger partial charge in [0.1, 0.15) is 0 Å². The van der Waals surface area contributed by atoms with Gasteiger partial charge in [-0.05, 0) is 24.6 Å². The lowest BCUT2D eigenvalue weighted by Crippen LogP contribution is -2.41. The summed E-state index contributed by atoms with van der Waals surface area (Å²) in [7, 11) is 0. The average molecular weight is 313 g/mol. The first-order valence-corrected chi connectivity index (χ1v) is 6.76. The van der Waals surface area contributed by atoms with Crippen LogP contribution in [0.4, 0.5) is 0 Å². The fourth-order valence-corrected chi connectivity index (χ4v) is 2.26. The zero-order valence-corrected chi connectivity index (χ0v) is 11.8. The number of carbonyl (C=O) groups is 1. The fraction of sp³-hybridized carbons (Fsp3) is 0.462. The van der Waals surface area contributed by atoms with Crippen LogP contribution in [0.2, 0.25) is 0 Å². The minimum Gasteiger partial charge on any atom is -0.379 e. The molecule has 0 bridgehead atoms. The maximum absolute atomic E-state index is 12.0. The van der Waals surface area contributed by atoms with Crippen molar-refractivity contribution in [1.82, 2.24) is 5.32 Å². The molecule has 0 saturated carbocycles. The monoisotopic (exact) mass is 312 g/mol. The van der Waals surface area contributed by atoms with Crippen molar-refractivity contribution in [2.45, 2.75) is 19.0 Å². The molecule has 1 aromatic rings. The van der Waals surface area contributed by atoms with Gasteiger partial charge in [0.15, 0.2) is 0 Å². The minimum absolute atomic E-state index is 0.0293. The zero-order chi connectivity index (χ0) is 13.1. The van der Waals surface area contributed by atoms with E-state index in [4.69, 9.17) is 10.5 Å². The summed E-state index contributed by atoms with van der Waals surface area (Å²) < 4.78 is 6.23. The summed E-state index contributed by atoms with van der Waals surface area (Å²) in [6.07, 6.45) is 0. The molecule has 5 heteroatoms. The number of hydrogen-bond donors (Lipinski definition) is 2. The molecule has 0 aromatic heterocycles. The number of amides is 1. The number of ether oxygens (including phenoxy) is 1. The van der Waals surface area contributed by atoms with E-state index in [1.165, 1.54) is 0 Å². The molecule has 1 fully saturated rings. The van der Waals surface area contributed by atoms with Crippen molar-refractivity contribution in [3.05, 3.63) is 34.3 Å². The third kappa shape index (κ3) is 3.10. The maximum Gasteiger partial charge on any atom is 0.227 e. The Labute approximate surface area is 115 Å². The van der Waals surface area contributed by atoms with Crippen LogP contribution in [0, 0.1) is 5.92 Å². The Bertz CT molecular complexity index is 422. The number of nitrogens with two attached hydrogens (primary N) is 1. The number of hydrogen-bond acceptors (Lipinski definition) is 3. The molecule has 18 heavy (non-hydrogen) atoms. The van der Waals surface area contributed by atoms with Crippen LogP contribution in [0.25, 0.3) is 0 Å². The van der Waals surface area contributed by atoms with Gasteiger partial charge in [-0.25, -0.2) is 0 Å². The molecular weight excluding hydrogens is 296 g/mol. The lowest BCUT2D eigenvalue weighted by Gasteiger charge is -2.18. The molecule has 3 atom stereocenters. The highest BCUT2D eigenvalue weighted by Gasteiger charge is 2.31. The Morgan fingerprint density at radius 3 is 2.67 bits per heavy atom. The first-order chi connectivity index (χ1) is 8.58. The van der Waals surface area contributed by atoms with Crippen molar-refractivity contribution < 1.29 is 9.53 Å². The topological polar surface area (TPSA) is 64.3 Å². The lowest BCUT2D eigenvalue weighted by molar-refractivity contribution is -0.125. The molecule has 0 radical (unpaired) electrons. The molecule has 3 N–H and O–H groups in total. The molecule has 2 unspecified atom stereocenters. The highest BCUT2D eigenvalue weighted by atomic mass is 79.9. The minimum atomic E-state index is -0.233. The SMILES string of the molecule is C[C@@H](NC(=O)C1COCC1N)c1ccc(Br)cc1. The Kier molecular flexibility index (Phi) is 4.37. The number of halogens is 1. The predicted octanol–water partition coefficient (Wildman–Crippen LogP) is 1.60. The van der Waals surface area contributed by atoms with E-state index in [1.54, 1.807) is 0 Å². The standard InChI is InChI=1S/C13H17BrN2O2/c1-8(9-2-4-10(14)5-3-9)16-13(17)11-6-18-7-12(11)15/h2-5,8,11-12H,6-7,15H2,1H3,(H,16,17)/t8-,11?,12?/m1/s1. The van der Waals surface area contributed by atoms with Gasteiger partial charge in [-0.3, -0.25) is 4.79 Å². The average Bonchev–Trinajstić information content (AvgIpc) is 2.76. The van der Waals surface area contributed by atoms with Crippen LogP contribution in [-0.2, 0) is 9.53 Å². The Morgan fingerprint density at radius 1 is 1.44 bits per heavy atom. The summed E-state index contributed by atoms with van der Waals surface area (Å²) >= 11 is 3.39. The molecule has 0 spiro atoms. The highest BCUT2D eigenvalue weighted by molar-refractivity contribution is 9.10. The summed E-state index contributed by atoms with van der Waals surface area (Å²) in [5, 5.41) is 2.97. The van der Waals surface area contributed by atoms with Gasteiger partial charge in [0.05, 0.1) is 25.2 Å². The molecule has 1 aromatic carbocycles. The molecule has 2 rings (SSSR count). The van der Waals surface area contributed by atoms with Crippen molar-refractivity contribution in [3.63, 3.8) is 0 Å². The van der Waals surface area contributed by atoms with E-state index in [2.05, 4.69) is 21.2 Å². The van der Waals surface area contributed by atoms with Crippen molar-refractivity contribution in [2.24, 2.45) is 11.7 Å². The van der Waals surface area contributed by atoms with Crippen LogP contribution in [0.1, 0.15) is 18.5 Å². The number of carbonyl (C=O) groups excluding carboxylic acids is 1. The van der Waals surface area contributed by atoms with Crippen molar-refractivity contribution >= 4 is 21.8 Å². The first-order valence-electron chi connectivity index (χ1n) is 5.97. The van der Waals surface area contributed by atoms with Crippen LogP contribution in [-0.4, -0.2) is 25.2 Å². The molecule has 4 nitrogen and oxygen atoms in total. The molecule has 1 saturated heterocycles. The summed E-state index contributed by atoms with van der Waals surface area (Å²) in [6.45, 7) is 2.84. The normalized spacial score (nSPS) is 24.8. The van der Waals surface area contributed by atoms with Gasteiger partial charge in [-0.1, -0.05) is 28.1 Å². The van der Waals surface area contributed by atoms with Gasteiger partial charge < -0.3 is 15.8 Å². The van der Waals surface area contributed by atoms with Crippen LogP contribution in [0.3, 0.4) is 0 Å². The van der Waals surface area contributed by atoms with E-state index in [-0.39, 0.29) is 23.9 Å². The highest BCUT2D eigenvalue weighted by Crippen LogP contribution is 2.18. The summed E-state index contributed by atoms with van der Waals surface area (Å²) in [4.78, 5) is 12.0. The van der Waals surface area contributed by atoms with E-state index in [9.17, 15) is 4.79 Å². The molecule has 98 valence electrons. The third-order valence-electron chi connectivity index (χ3n) is 3.19. The largest absolute Gasteiger partial charge is 0.379 e. The Hall–Kier alpha value is -0.910. The second-order valence-electron chi connectivity index (χ2n) is 4.59. The van der Waals surface area contributed by atoms with Crippen molar-refractivity contribution in [1.29, 1.82) is 0 Å². The van der Waals surface area contributed by atoms with Crippen LogP contribution in [0.5, 0.6) is 0 Å². The molecule has 1 aliphatic rings. The van der Waals surface area contributed by atoms with Gasteiger partial charge in [0, 0.05) is 10.5 Å². The van der Waals surface area contributed by atoms with Crippen LogP contribution < -0.4 is 11.1 Å². The van der Waals surface area contributed by atoms with Gasteiger partial charge >= 0.3 is 0 Å². The van der Waals surface area contributed by atoms with E-state index >= 15 is 0 Å². The lowest BCUT2D eigenvalue weighted by atomic mass is 10.0. The van der Waals surface area contributed by atoms with E-state index < -0.39 is 0 Å². The molecule has 1 amide bonds. The van der Waals surface area contributed by atoms with Gasteiger partial charge in [-0.2, -0.15) is 0 Å². The first kappa shape index (κ1) is 13.5. The van der Waals surface area contributed by atoms with Gasteiger partial charge in [0.2, 0.25) is 5.91 Å². The smallest absolute Gasteiger partial charge is 0.227 e. The number of rotatable bonds is 3. The summed E-state index contributed by atoms with van der Waals surface area (Å²) in [5.41, 5.74) is 6.89. The number of benzene rings is 1. The molecule has 1 aliphatic heterocycles. The molecule has 0 aliphatic carbocycles. The van der Waals surface area contributed by atoms with Crippen LogP contribution in [0.15, 0.2) is 28.7 Å². The second kappa shape index (κ2) is 5.82. The van der Waals surface area contributed by atoms with Gasteiger partial charge in [-0.15, -0.1) is 0 Å². The van der Waals surface area contributed by atoms with Crippen molar-refractivity contribution in [2.75, 3.05) is 13.2 Å². The summed E-state index contributed by atoms with van der Waals surface area (Å²) in [6, 6.07) is 7.67. The molecular formula is C13H17BrN2O2. The maximum atomic E-state index is 12.0. The second-order valence-corrected chi connectivity index (χ2v) is 5.51. The number of nitrogens with one attached hydrogen (secondary N) is 1. The van der Waals surface area contributed by atoms with E-state index in [0.717, 1.165) is 10.0 Å². The van der Waals surface area contributed by atoms with E-state index in [0.29, 0.717) is 13.2 Å². The van der Waals surface area contributed by atoms with Gasteiger partial charge in [0.25, 0.3) is 0 Å². The quantitative estimate of drug-likeness (QED) is 0.891. The molecule has 1 heterocycles. The third-order valence-corrected chi connectivity index (χ3v) is 3.72. The van der Waals surface area contributed by atoms with E-state index in [1.807, 2.05) is 31.2 Å². The van der Waals surface area contributed by atoms with Crippen molar-refractivity contribution in [3.8, 4) is 0 Å². The zero-order valence-electron chi connectivity index (χ0n) is 10.2. The summed E-state index contributed by atoms with van der Waals surface area (Å²) in [5.74, 6) is -0.265. The predicted molar refractivity (Wildman–Crippen MR) is 73.0 cm³/mol. The van der Waals surface area contributed by atoms with Crippen LogP contribution >= 0.6 is 15.9 Å². The Morgan fingerprint density at radius 2 is 2.11 bits per heavy atom. The Balaban J connectivity index is 1.96. The fourth-order valence-electron chi connectivity index (χ4n) is 2.00.